The molecule has 0 saturated heterocycles. The first-order valence-electron chi connectivity index (χ1n) is 23.2. The molecule has 0 aliphatic carbocycles. The Morgan fingerprint density at radius 2 is 1.36 bits per heavy atom. The number of aromatic amines is 1. The van der Waals surface area contributed by atoms with Crippen LogP contribution in [0.5, 0.6) is 17.2 Å². The van der Waals surface area contributed by atoms with Crippen LogP contribution in [0.25, 0.3) is 65.8 Å². The number of phenols is 1. The first kappa shape index (κ1) is 54.0. The number of hydrogen-bond donors (Lipinski definition) is 4. The highest BCUT2D eigenvalue weighted by molar-refractivity contribution is 8.00. The van der Waals surface area contributed by atoms with E-state index < -0.39 is 18.5 Å². The molecule has 0 spiro atoms. The van der Waals surface area contributed by atoms with Crippen molar-refractivity contribution in [1.29, 1.82) is 0 Å². The smallest absolute Gasteiger partial charge is 0.341 e. The lowest BCUT2D eigenvalue weighted by Crippen LogP contribution is -2.12. The fourth-order valence-corrected chi connectivity index (χ4v) is 10.2. The fraction of sp³-hybridized carbons (Fsp3) is 0.153. The maximum atomic E-state index is 14.5. The van der Waals surface area contributed by atoms with E-state index in [-0.39, 0.29) is 34.6 Å². The van der Waals surface area contributed by atoms with E-state index in [0.29, 0.717) is 62.2 Å². The summed E-state index contributed by atoms with van der Waals surface area (Å²) in [5.41, 5.74) is 6.75. The minimum Gasteiger partial charge on any atom is -0.504 e. The van der Waals surface area contributed by atoms with Gasteiger partial charge in [0.25, 0.3) is 5.56 Å². The molecule has 378 valence electrons. The number of aromatic nitrogens is 1. The summed E-state index contributed by atoms with van der Waals surface area (Å²) in [5.74, 6) is -1.49. The van der Waals surface area contributed by atoms with Crippen molar-refractivity contribution in [2.75, 3.05) is 31.8 Å². The van der Waals surface area contributed by atoms with Crippen LogP contribution in [0.4, 0.5) is 4.39 Å². The van der Waals surface area contributed by atoms with Crippen molar-refractivity contribution in [2.24, 2.45) is 0 Å². The van der Waals surface area contributed by atoms with E-state index in [1.807, 2.05) is 123 Å². The van der Waals surface area contributed by atoms with Gasteiger partial charge in [-0.3, -0.25) is 14.4 Å². The van der Waals surface area contributed by atoms with Crippen LogP contribution >= 0.6 is 35.1 Å². The lowest BCUT2D eigenvalue weighted by atomic mass is 9.96. The number of H-pyrrole nitrogens is 1. The summed E-state index contributed by atoms with van der Waals surface area (Å²) < 4.78 is 30.3. The van der Waals surface area contributed by atoms with Gasteiger partial charge in [-0.25, -0.2) is 9.18 Å². The number of nitrogens with one attached hydrogen (secondary N) is 1. The zero-order chi connectivity index (χ0) is 52.9. The van der Waals surface area contributed by atoms with Crippen molar-refractivity contribution in [3.63, 3.8) is 0 Å². The van der Waals surface area contributed by atoms with Gasteiger partial charge in [0.15, 0.2) is 18.1 Å². The third-order valence-electron chi connectivity index (χ3n) is 11.5. The molecule has 0 bridgehead atoms. The molecule has 1 aromatic heterocycles. The van der Waals surface area contributed by atoms with Crippen LogP contribution in [-0.4, -0.2) is 70.0 Å². The molecule has 1 heterocycles. The van der Waals surface area contributed by atoms with Crippen molar-refractivity contribution < 1.29 is 48.3 Å². The van der Waals surface area contributed by atoms with Crippen LogP contribution in [0.1, 0.15) is 24.5 Å². The Kier molecular flexibility index (Phi) is 18.4. The van der Waals surface area contributed by atoms with Crippen LogP contribution < -0.4 is 15.0 Å². The number of fused-ring (bicyclic) bond motifs is 3. The van der Waals surface area contributed by atoms with E-state index in [9.17, 15) is 28.7 Å². The summed E-state index contributed by atoms with van der Waals surface area (Å²) in [6, 6.07) is 46.6. The first-order chi connectivity index (χ1) is 35.7. The quantitative estimate of drug-likeness (QED) is 0.0566. The average molecular weight is 1050 g/mol. The van der Waals surface area contributed by atoms with Gasteiger partial charge in [0.1, 0.15) is 11.6 Å². The van der Waals surface area contributed by atoms with Crippen molar-refractivity contribution in [3.05, 3.63) is 184 Å². The molecule has 0 aliphatic rings. The van der Waals surface area contributed by atoms with E-state index >= 15 is 0 Å². The van der Waals surface area contributed by atoms with Crippen LogP contribution in [0, 0.1) is 19.7 Å². The molecule has 15 heteroatoms. The number of esters is 1. The van der Waals surface area contributed by atoms with Crippen LogP contribution in [0.3, 0.4) is 0 Å². The predicted molar refractivity (Wildman–Crippen MR) is 295 cm³/mol. The number of aliphatic carboxylic acids is 2. The second-order valence-corrected chi connectivity index (χ2v) is 19.2. The molecule has 9 aromatic rings. The topological polar surface area (TPSA) is 172 Å². The van der Waals surface area contributed by atoms with Crippen LogP contribution in [0.15, 0.2) is 166 Å². The number of rotatable bonds is 15. The van der Waals surface area contributed by atoms with E-state index in [4.69, 9.17) is 36.0 Å². The number of carbonyl (C=O) groups excluding carboxylic acids is 1. The number of carboxylic acid groups (broad SMARTS) is 2. The highest BCUT2D eigenvalue weighted by atomic mass is 35.5. The molecule has 0 fully saturated rings. The fourth-order valence-electron chi connectivity index (χ4n) is 8.20. The van der Waals surface area contributed by atoms with E-state index in [0.717, 1.165) is 65.8 Å². The van der Waals surface area contributed by atoms with E-state index in [1.54, 1.807) is 55.1 Å². The Bertz CT molecular complexity index is 3570. The van der Waals surface area contributed by atoms with E-state index in [1.165, 1.54) is 13.2 Å². The predicted octanol–water partition coefficient (Wildman–Crippen LogP) is 14.0. The highest BCUT2D eigenvalue weighted by Crippen LogP contribution is 2.45. The number of ether oxygens (including phenoxy) is 3. The van der Waals surface area contributed by atoms with Gasteiger partial charge in [-0.1, -0.05) is 126 Å². The number of aryl methyl sites for hydroxylation is 2. The number of hydrogen-bond acceptors (Lipinski definition) is 10. The number of thioether (sulfide) groups is 2. The number of methoxy groups -OCH3 is 1. The first-order valence-corrected chi connectivity index (χ1v) is 25.6. The van der Waals surface area contributed by atoms with Crippen molar-refractivity contribution in [3.8, 4) is 50.6 Å². The Labute approximate surface area is 439 Å². The second-order valence-electron chi connectivity index (χ2n) is 16.6. The molecule has 0 unspecified atom stereocenters. The normalized spacial score (nSPS) is 10.8. The molecule has 0 saturated carbocycles. The number of carboxylic acids is 2. The second kappa shape index (κ2) is 25.2. The molecular weight excluding hydrogens is 1000 g/mol. The summed E-state index contributed by atoms with van der Waals surface area (Å²) in [6.07, 6.45) is 0.335. The summed E-state index contributed by atoms with van der Waals surface area (Å²) in [5, 5.41) is 33.4. The Morgan fingerprint density at radius 1 is 0.689 bits per heavy atom. The SMILES string of the molecule is CCOC(=O)CCSc1ccc2ccccc2c1-c1ccccc1F.COc1ccc(Cl)cc1-c1c(SCC(=O)O)c(=O)[nH]c2ccc(C)cc12.Cc1ccc(-c2c(OCC(=O)O)c(O)cc3ccccc23)cc1. The number of benzene rings is 8. The molecular formula is C59H51ClFNO10S2. The third kappa shape index (κ3) is 13.2. The molecule has 0 atom stereocenters. The minimum atomic E-state index is -1.09. The zero-order valence-electron chi connectivity index (χ0n) is 40.7. The maximum Gasteiger partial charge on any atom is 0.341 e. The average Bonchev–Trinajstić information content (AvgIpc) is 3.39. The van der Waals surface area contributed by atoms with Gasteiger partial charge in [0.2, 0.25) is 0 Å². The zero-order valence-corrected chi connectivity index (χ0v) is 43.1. The number of pyridine rings is 1. The maximum absolute atomic E-state index is 14.5. The third-order valence-corrected chi connectivity index (χ3v) is 13.8. The Morgan fingerprint density at radius 3 is 2.05 bits per heavy atom. The molecule has 4 N–H and O–H groups in total. The molecule has 0 radical (unpaired) electrons. The standard InChI is InChI=1S/C21H19FO2S.C19H16ClNO4S.C19H16O4/c1-2-24-20(23)13-14-25-19-12-11-15-7-3-4-8-16(15)21(19)17-9-5-6-10-18(17)22;1-10-3-5-14-12(7-10)17(13-8-11(20)4-6-15(13)25-2)18(19(24)21-14)26-9-16(22)23;1-12-6-8-13(9-7-12)18-15-5-3-2-4-14(15)10-16(20)19(18)23-11-17(21)22/h3-12H,2,13-14H2,1H3;3-8H,9H2,1-2H3,(H,21,24)(H,22,23);2-10,20H,11H2,1H3,(H,21,22). The number of phenolic OH excluding ortho intramolecular Hbond substituents is 1. The lowest BCUT2D eigenvalue weighted by Gasteiger charge is -2.15. The van der Waals surface area contributed by atoms with Crippen LogP contribution in [0.2, 0.25) is 5.02 Å². The molecule has 9 rings (SSSR count). The van der Waals surface area contributed by atoms with Gasteiger partial charge in [0.05, 0.1) is 30.8 Å². The number of aromatic hydroxyl groups is 1. The summed E-state index contributed by atoms with van der Waals surface area (Å²) in [7, 11) is 1.54. The van der Waals surface area contributed by atoms with Crippen LogP contribution in [-0.2, 0) is 19.1 Å². The van der Waals surface area contributed by atoms with Crippen molar-refractivity contribution in [2.45, 2.75) is 37.0 Å². The minimum absolute atomic E-state index is 0.0690. The van der Waals surface area contributed by atoms with Gasteiger partial charge in [0, 0.05) is 54.4 Å². The Hall–Kier alpha value is -7.78. The van der Waals surface area contributed by atoms with Crippen molar-refractivity contribution in [1.82, 2.24) is 4.98 Å². The summed E-state index contributed by atoms with van der Waals surface area (Å²) in [6.45, 7) is 5.62. The van der Waals surface area contributed by atoms with Gasteiger partial charge >= 0.3 is 17.9 Å². The summed E-state index contributed by atoms with van der Waals surface area (Å²) in [4.78, 5) is 50.2. The lowest BCUT2D eigenvalue weighted by molar-refractivity contribution is -0.142. The molecule has 0 aliphatic heterocycles. The van der Waals surface area contributed by atoms with Gasteiger partial charge in [-0.2, -0.15) is 0 Å². The molecule has 8 aromatic carbocycles. The monoisotopic (exact) mass is 1050 g/mol. The summed E-state index contributed by atoms with van der Waals surface area (Å²) >= 11 is 8.72. The number of carbonyl (C=O) groups is 3. The number of halogens is 2. The van der Waals surface area contributed by atoms with Gasteiger partial charge < -0.3 is 34.5 Å². The largest absolute Gasteiger partial charge is 0.504 e. The van der Waals surface area contributed by atoms with Crippen molar-refractivity contribution >= 4 is 85.5 Å². The highest BCUT2D eigenvalue weighted by Gasteiger charge is 2.21. The van der Waals surface area contributed by atoms with Gasteiger partial charge in [-0.15, -0.1) is 23.5 Å². The molecule has 0 amide bonds. The molecule has 74 heavy (non-hydrogen) atoms. The Balaban J connectivity index is 0.000000162. The molecule has 11 nitrogen and oxygen atoms in total. The van der Waals surface area contributed by atoms with Gasteiger partial charge in [-0.05, 0) is 96.4 Å². The van der Waals surface area contributed by atoms with E-state index in [2.05, 4.69) is 4.98 Å².